The number of para-hydroxylation sites is 1. The highest BCUT2D eigenvalue weighted by atomic mass is 32.1. The Bertz CT molecular complexity index is 1460. The third-order valence-corrected chi connectivity index (χ3v) is 7.59. The molecule has 2 aliphatic heterocycles. The Labute approximate surface area is 212 Å². The highest BCUT2D eigenvalue weighted by Gasteiger charge is 2.33. The van der Waals surface area contributed by atoms with Crippen molar-refractivity contribution in [3.05, 3.63) is 66.4 Å². The predicted molar refractivity (Wildman–Crippen MR) is 143 cm³/mol. The van der Waals surface area contributed by atoms with Crippen LogP contribution in [0.4, 0.5) is 26.9 Å². The molecule has 1 saturated heterocycles. The predicted octanol–water partition coefficient (Wildman–Crippen LogP) is 6.02. The number of benzene rings is 2. The second kappa shape index (κ2) is 9.25. The molecule has 2 aliphatic rings. The number of piperidine rings is 1. The fraction of sp³-hybridized carbons (Fsp3) is 0.222. The summed E-state index contributed by atoms with van der Waals surface area (Å²) in [6, 6.07) is 16.8. The van der Waals surface area contributed by atoms with Crippen molar-refractivity contribution < 1.29 is 14.3 Å². The Balaban J connectivity index is 1.33. The molecular weight excluding hydrogens is 474 g/mol. The lowest BCUT2D eigenvalue weighted by Crippen LogP contribution is -2.36. The second-order valence-corrected chi connectivity index (χ2v) is 9.96. The minimum Gasteiger partial charge on any atom is -0.457 e. The SMILES string of the molecule is Cc1cc(Oc2ccccc2)ccc1N1C(=O)Nc2c(NC(=O)C3CCNCC3)sc3nccc1c23. The van der Waals surface area contributed by atoms with Crippen molar-refractivity contribution in [2.24, 2.45) is 5.92 Å². The summed E-state index contributed by atoms with van der Waals surface area (Å²) in [5, 5.41) is 10.8. The Morgan fingerprint density at radius 3 is 2.67 bits per heavy atom. The van der Waals surface area contributed by atoms with Gasteiger partial charge >= 0.3 is 6.03 Å². The first kappa shape index (κ1) is 22.5. The molecule has 0 unspecified atom stereocenters. The van der Waals surface area contributed by atoms with Gasteiger partial charge in [-0.25, -0.2) is 9.78 Å². The molecule has 9 heteroatoms. The van der Waals surface area contributed by atoms with Gasteiger partial charge in [-0.3, -0.25) is 9.69 Å². The van der Waals surface area contributed by atoms with E-state index in [1.807, 2.05) is 61.5 Å². The van der Waals surface area contributed by atoms with Gasteiger partial charge in [-0.1, -0.05) is 29.5 Å². The number of hydrogen-bond acceptors (Lipinski definition) is 6. The molecule has 8 nitrogen and oxygen atoms in total. The summed E-state index contributed by atoms with van der Waals surface area (Å²) >= 11 is 1.38. The van der Waals surface area contributed by atoms with Crippen molar-refractivity contribution in [1.29, 1.82) is 0 Å². The number of anilines is 4. The van der Waals surface area contributed by atoms with E-state index in [4.69, 9.17) is 4.74 Å². The van der Waals surface area contributed by atoms with E-state index in [2.05, 4.69) is 20.9 Å². The first-order valence-corrected chi connectivity index (χ1v) is 12.8. The van der Waals surface area contributed by atoms with Crippen LogP contribution < -0.4 is 25.6 Å². The summed E-state index contributed by atoms with van der Waals surface area (Å²) in [5.74, 6) is 1.39. The van der Waals surface area contributed by atoms with Crippen molar-refractivity contribution in [2.75, 3.05) is 28.6 Å². The molecule has 1 fully saturated rings. The van der Waals surface area contributed by atoms with Gasteiger partial charge in [0.15, 0.2) is 0 Å². The van der Waals surface area contributed by atoms with E-state index >= 15 is 0 Å². The Kier molecular flexibility index (Phi) is 5.79. The molecular formula is C27H25N5O3S. The highest BCUT2D eigenvalue weighted by molar-refractivity contribution is 7.23. The summed E-state index contributed by atoms with van der Waals surface area (Å²) in [7, 11) is 0. The monoisotopic (exact) mass is 499 g/mol. The van der Waals surface area contributed by atoms with E-state index < -0.39 is 0 Å². The number of rotatable bonds is 5. The largest absolute Gasteiger partial charge is 0.457 e. The normalized spacial score (nSPS) is 15.6. The van der Waals surface area contributed by atoms with Gasteiger partial charge in [0.25, 0.3) is 0 Å². The van der Waals surface area contributed by atoms with Gasteiger partial charge in [-0.15, -0.1) is 0 Å². The van der Waals surface area contributed by atoms with Crippen LogP contribution >= 0.6 is 11.3 Å². The van der Waals surface area contributed by atoms with Crippen molar-refractivity contribution in [3.63, 3.8) is 0 Å². The van der Waals surface area contributed by atoms with E-state index in [-0.39, 0.29) is 17.9 Å². The van der Waals surface area contributed by atoms with E-state index in [0.717, 1.165) is 58.8 Å². The molecule has 0 saturated carbocycles. The summed E-state index contributed by atoms with van der Waals surface area (Å²) in [6.45, 7) is 3.62. The highest BCUT2D eigenvalue weighted by Crippen LogP contribution is 2.49. The van der Waals surface area contributed by atoms with Crippen molar-refractivity contribution >= 4 is 55.6 Å². The molecule has 0 bridgehead atoms. The average Bonchev–Trinajstić information content (AvgIpc) is 3.24. The summed E-state index contributed by atoms with van der Waals surface area (Å²) in [5.41, 5.74) is 2.99. The lowest BCUT2D eigenvalue weighted by atomic mass is 9.97. The van der Waals surface area contributed by atoms with Crippen LogP contribution in [-0.4, -0.2) is 30.0 Å². The zero-order valence-electron chi connectivity index (χ0n) is 19.7. The van der Waals surface area contributed by atoms with E-state index in [9.17, 15) is 9.59 Å². The topological polar surface area (TPSA) is 95.6 Å². The maximum Gasteiger partial charge on any atom is 0.331 e. The fourth-order valence-electron chi connectivity index (χ4n) is 4.78. The molecule has 2 aromatic carbocycles. The summed E-state index contributed by atoms with van der Waals surface area (Å²) < 4.78 is 5.96. The zero-order chi connectivity index (χ0) is 24.6. The molecule has 0 radical (unpaired) electrons. The van der Waals surface area contributed by atoms with Crippen molar-refractivity contribution in [2.45, 2.75) is 19.8 Å². The van der Waals surface area contributed by atoms with Crippen molar-refractivity contribution in [1.82, 2.24) is 10.3 Å². The molecule has 182 valence electrons. The van der Waals surface area contributed by atoms with Crippen LogP contribution in [0.3, 0.4) is 0 Å². The third-order valence-electron chi connectivity index (χ3n) is 6.58. The Hall–Kier alpha value is -3.95. The van der Waals surface area contributed by atoms with Gasteiger partial charge in [0, 0.05) is 12.1 Å². The molecule has 4 aromatic rings. The standard InChI is InChI=1S/C27H25N5O3S/c1-16-15-19(35-18-5-3-2-4-6-18)7-8-20(16)32-21-11-14-29-25-22(21)23(30-27(32)34)26(36-25)31-24(33)17-9-12-28-13-10-17/h2-8,11,14-15,17,28H,9-10,12-13H2,1H3,(H,30,34)(H,31,33). The number of pyridine rings is 1. The van der Waals surface area contributed by atoms with Gasteiger partial charge in [0.2, 0.25) is 5.91 Å². The second-order valence-electron chi connectivity index (χ2n) is 8.96. The molecule has 3 N–H and O–H groups in total. The summed E-state index contributed by atoms with van der Waals surface area (Å²) in [6.07, 6.45) is 3.31. The number of carbonyl (C=O) groups excluding carboxylic acids is 2. The lowest BCUT2D eigenvalue weighted by Gasteiger charge is -2.29. The maximum atomic E-state index is 13.4. The number of carbonyl (C=O) groups is 2. The number of aromatic nitrogens is 1. The Morgan fingerprint density at radius 1 is 1.08 bits per heavy atom. The quantitative estimate of drug-likeness (QED) is 0.312. The van der Waals surface area contributed by atoms with E-state index in [0.29, 0.717) is 16.4 Å². The number of urea groups is 1. The minimum atomic E-state index is -0.286. The molecule has 4 heterocycles. The smallest absolute Gasteiger partial charge is 0.331 e. The zero-order valence-corrected chi connectivity index (χ0v) is 20.5. The molecule has 6 rings (SSSR count). The number of nitrogens with one attached hydrogen (secondary N) is 3. The van der Waals surface area contributed by atoms with Gasteiger partial charge in [-0.2, -0.15) is 0 Å². The number of aryl methyl sites for hydroxylation is 1. The van der Waals surface area contributed by atoms with Gasteiger partial charge in [-0.05, 0) is 74.8 Å². The number of hydrogen-bond donors (Lipinski definition) is 3. The van der Waals surface area contributed by atoms with E-state index in [1.165, 1.54) is 11.3 Å². The summed E-state index contributed by atoms with van der Waals surface area (Å²) in [4.78, 5) is 33.2. The van der Waals surface area contributed by atoms with Crippen LogP contribution in [0.1, 0.15) is 18.4 Å². The number of amides is 3. The van der Waals surface area contributed by atoms with Crippen LogP contribution in [0.15, 0.2) is 60.8 Å². The molecule has 0 atom stereocenters. The molecule has 36 heavy (non-hydrogen) atoms. The van der Waals surface area contributed by atoms with Crippen LogP contribution in [-0.2, 0) is 4.79 Å². The van der Waals surface area contributed by atoms with Crippen LogP contribution in [0.5, 0.6) is 11.5 Å². The maximum absolute atomic E-state index is 13.4. The van der Waals surface area contributed by atoms with Crippen LogP contribution in [0.25, 0.3) is 10.2 Å². The number of nitrogens with zero attached hydrogens (tertiary/aromatic N) is 2. The first-order chi connectivity index (χ1) is 17.6. The number of thiophene rings is 1. The number of ether oxygens (including phenoxy) is 1. The van der Waals surface area contributed by atoms with Crippen LogP contribution in [0, 0.1) is 12.8 Å². The van der Waals surface area contributed by atoms with E-state index in [1.54, 1.807) is 11.1 Å². The lowest BCUT2D eigenvalue weighted by molar-refractivity contribution is -0.120. The van der Waals surface area contributed by atoms with Crippen molar-refractivity contribution in [3.8, 4) is 11.5 Å². The van der Waals surface area contributed by atoms with Gasteiger partial charge in [0.05, 0.1) is 22.4 Å². The fourth-order valence-corrected chi connectivity index (χ4v) is 5.80. The molecule has 3 amide bonds. The Morgan fingerprint density at radius 2 is 1.89 bits per heavy atom. The minimum absolute atomic E-state index is 0.0117. The van der Waals surface area contributed by atoms with Crippen LogP contribution in [0.2, 0.25) is 0 Å². The van der Waals surface area contributed by atoms with Gasteiger partial charge in [0.1, 0.15) is 21.3 Å². The third kappa shape index (κ3) is 4.06. The molecule has 2 aromatic heterocycles. The molecule has 0 spiro atoms. The molecule has 0 aliphatic carbocycles. The average molecular weight is 500 g/mol. The first-order valence-electron chi connectivity index (χ1n) is 12.0. The van der Waals surface area contributed by atoms with Gasteiger partial charge < -0.3 is 20.7 Å².